The van der Waals surface area contributed by atoms with Crippen LogP contribution in [-0.2, 0) is 9.53 Å². The zero-order chi connectivity index (χ0) is 21.0. The van der Waals surface area contributed by atoms with Crippen LogP contribution >= 0.6 is 0 Å². The van der Waals surface area contributed by atoms with Crippen LogP contribution in [-0.4, -0.2) is 31.7 Å². The molecule has 1 heterocycles. The van der Waals surface area contributed by atoms with Crippen molar-refractivity contribution < 1.29 is 32.6 Å². The minimum Gasteiger partial charge on any atom is -0.486 e. The Morgan fingerprint density at radius 2 is 1.69 bits per heavy atom. The molecule has 8 heteroatoms. The van der Waals surface area contributed by atoms with Gasteiger partial charge in [0.1, 0.15) is 24.8 Å². The molecule has 0 radical (unpaired) electrons. The third kappa shape index (κ3) is 5.22. The van der Waals surface area contributed by atoms with E-state index >= 15 is 0 Å². The molecule has 6 nitrogen and oxygen atoms in total. The van der Waals surface area contributed by atoms with Gasteiger partial charge in [-0.1, -0.05) is 19.9 Å². The fourth-order valence-electron chi connectivity index (χ4n) is 2.99. The van der Waals surface area contributed by atoms with Crippen LogP contribution in [0.25, 0.3) is 0 Å². The minimum absolute atomic E-state index is 0.0366. The molecule has 0 saturated heterocycles. The van der Waals surface area contributed by atoms with Gasteiger partial charge in [-0.2, -0.15) is 0 Å². The molecule has 0 aliphatic carbocycles. The average Bonchev–Trinajstić information content (AvgIpc) is 2.69. The van der Waals surface area contributed by atoms with E-state index in [2.05, 4.69) is 5.32 Å². The van der Waals surface area contributed by atoms with Gasteiger partial charge in [-0.3, -0.25) is 4.79 Å². The summed E-state index contributed by atoms with van der Waals surface area (Å²) in [6.07, 6.45) is 0. The van der Waals surface area contributed by atoms with Gasteiger partial charge in [-0.05, 0) is 35.7 Å². The fourth-order valence-corrected chi connectivity index (χ4v) is 2.99. The number of amides is 1. The van der Waals surface area contributed by atoms with Crippen molar-refractivity contribution in [3.05, 3.63) is 59.2 Å². The Bertz CT molecular complexity index is 896. The number of rotatable bonds is 6. The van der Waals surface area contributed by atoms with Crippen LogP contribution < -0.4 is 14.8 Å². The Morgan fingerprint density at radius 1 is 1.03 bits per heavy atom. The highest BCUT2D eigenvalue weighted by molar-refractivity contribution is 5.91. The van der Waals surface area contributed by atoms with Crippen molar-refractivity contribution in [3.63, 3.8) is 0 Å². The summed E-state index contributed by atoms with van der Waals surface area (Å²) in [5.74, 6) is -2.05. The van der Waals surface area contributed by atoms with Crippen LogP contribution in [0.5, 0.6) is 11.5 Å². The van der Waals surface area contributed by atoms with Gasteiger partial charge in [-0.25, -0.2) is 13.6 Å². The summed E-state index contributed by atoms with van der Waals surface area (Å²) in [6, 6.07) is 7.39. The number of benzene rings is 2. The molecule has 0 saturated carbocycles. The van der Waals surface area contributed by atoms with Crippen LogP contribution in [0, 0.1) is 17.6 Å². The van der Waals surface area contributed by atoms with E-state index in [1.807, 2.05) is 19.9 Å². The number of ether oxygens (including phenoxy) is 3. The van der Waals surface area contributed by atoms with Crippen LogP contribution in [0.15, 0.2) is 36.4 Å². The van der Waals surface area contributed by atoms with Gasteiger partial charge in [0.15, 0.2) is 18.1 Å². The summed E-state index contributed by atoms with van der Waals surface area (Å²) in [7, 11) is 0. The third-order valence-corrected chi connectivity index (χ3v) is 4.34. The predicted molar refractivity (Wildman–Crippen MR) is 99.8 cm³/mol. The largest absolute Gasteiger partial charge is 0.486 e. The van der Waals surface area contributed by atoms with Gasteiger partial charge in [0.05, 0.1) is 11.6 Å². The van der Waals surface area contributed by atoms with Gasteiger partial charge in [0, 0.05) is 6.07 Å². The number of carbonyl (C=O) groups excluding carboxylic acids is 2. The molecule has 2 aromatic rings. The Labute approximate surface area is 166 Å². The molecule has 0 aromatic heterocycles. The van der Waals surface area contributed by atoms with E-state index in [-0.39, 0.29) is 17.5 Å². The fraction of sp³-hybridized carbons (Fsp3) is 0.333. The normalized spacial score (nSPS) is 13.7. The van der Waals surface area contributed by atoms with E-state index in [0.29, 0.717) is 30.8 Å². The van der Waals surface area contributed by atoms with E-state index in [0.717, 1.165) is 17.7 Å². The molecule has 1 atom stereocenters. The van der Waals surface area contributed by atoms with Gasteiger partial charge >= 0.3 is 5.97 Å². The monoisotopic (exact) mass is 405 g/mol. The zero-order valence-corrected chi connectivity index (χ0v) is 16.0. The molecule has 3 rings (SSSR count). The molecule has 154 valence electrons. The lowest BCUT2D eigenvalue weighted by Crippen LogP contribution is -2.35. The third-order valence-electron chi connectivity index (χ3n) is 4.34. The summed E-state index contributed by atoms with van der Waals surface area (Å²) in [5, 5.41) is 2.81. The molecule has 0 fully saturated rings. The van der Waals surface area contributed by atoms with E-state index < -0.39 is 30.1 Å². The van der Waals surface area contributed by atoms with E-state index in [1.165, 1.54) is 0 Å². The number of nitrogens with one attached hydrogen (secondary N) is 1. The van der Waals surface area contributed by atoms with Crippen molar-refractivity contribution >= 4 is 11.9 Å². The average molecular weight is 405 g/mol. The number of hydrogen-bond acceptors (Lipinski definition) is 5. The maximum absolute atomic E-state index is 13.2. The lowest BCUT2D eigenvalue weighted by Gasteiger charge is -2.25. The number of esters is 1. The second kappa shape index (κ2) is 8.89. The number of halogens is 2. The highest BCUT2D eigenvalue weighted by Crippen LogP contribution is 2.34. The summed E-state index contributed by atoms with van der Waals surface area (Å²) in [6.45, 7) is 4.22. The molecule has 1 aliphatic heterocycles. The zero-order valence-electron chi connectivity index (χ0n) is 16.0. The molecule has 2 aromatic carbocycles. The number of fused-ring (bicyclic) bond motifs is 1. The van der Waals surface area contributed by atoms with E-state index in [1.54, 1.807) is 12.1 Å². The second-order valence-electron chi connectivity index (χ2n) is 6.93. The highest BCUT2D eigenvalue weighted by Gasteiger charge is 2.22. The summed E-state index contributed by atoms with van der Waals surface area (Å²) < 4.78 is 42.4. The van der Waals surface area contributed by atoms with Crippen molar-refractivity contribution in [2.24, 2.45) is 5.92 Å². The first-order chi connectivity index (χ1) is 13.8. The Kier molecular flexibility index (Phi) is 6.31. The quantitative estimate of drug-likeness (QED) is 0.746. The van der Waals surface area contributed by atoms with E-state index in [9.17, 15) is 18.4 Å². The van der Waals surface area contributed by atoms with Crippen molar-refractivity contribution in [2.45, 2.75) is 19.9 Å². The summed E-state index contributed by atoms with van der Waals surface area (Å²) in [5.41, 5.74) is 0.513. The molecule has 29 heavy (non-hydrogen) atoms. The molecule has 1 amide bonds. The summed E-state index contributed by atoms with van der Waals surface area (Å²) >= 11 is 0. The minimum atomic E-state index is -0.987. The predicted octanol–water partition coefficient (Wildman–Crippen LogP) is 3.41. The SMILES string of the molecule is CC(C)[C@@H](NC(=O)COC(=O)c1cc(F)cc(F)c1)c1ccc2c(c1)OCCO2. The number of carbonyl (C=O) groups is 2. The second-order valence-corrected chi connectivity index (χ2v) is 6.93. The molecular formula is C21H21F2NO5. The Balaban J connectivity index is 1.63. The lowest BCUT2D eigenvalue weighted by molar-refractivity contribution is -0.125. The van der Waals surface area contributed by atoms with Crippen molar-refractivity contribution in [2.75, 3.05) is 19.8 Å². The Hall–Kier alpha value is -3.16. The van der Waals surface area contributed by atoms with Crippen LogP contribution in [0.3, 0.4) is 0 Å². The highest BCUT2D eigenvalue weighted by atomic mass is 19.1. The van der Waals surface area contributed by atoms with Crippen LogP contribution in [0.4, 0.5) is 8.78 Å². The number of hydrogen-bond donors (Lipinski definition) is 1. The van der Waals surface area contributed by atoms with Gasteiger partial charge in [0.2, 0.25) is 0 Å². The molecule has 0 bridgehead atoms. The summed E-state index contributed by atoms with van der Waals surface area (Å²) in [4.78, 5) is 24.2. The standard InChI is InChI=1S/C21H21F2NO5/c1-12(2)20(13-3-4-17-18(9-13)28-6-5-27-17)24-19(25)11-29-21(26)14-7-15(22)10-16(23)8-14/h3-4,7-10,12,20H,5-6,11H2,1-2H3,(H,24,25)/t20-/m1/s1. The van der Waals surface area contributed by atoms with Crippen LogP contribution in [0.1, 0.15) is 35.8 Å². The maximum Gasteiger partial charge on any atom is 0.338 e. The first kappa shape index (κ1) is 20.6. The first-order valence-electron chi connectivity index (χ1n) is 9.15. The van der Waals surface area contributed by atoms with Crippen molar-refractivity contribution in [1.82, 2.24) is 5.32 Å². The van der Waals surface area contributed by atoms with E-state index in [4.69, 9.17) is 14.2 Å². The molecule has 0 unspecified atom stereocenters. The first-order valence-corrected chi connectivity index (χ1v) is 9.15. The molecular weight excluding hydrogens is 384 g/mol. The van der Waals surface area contributed by atoms with Crippen LogP contribution in [0.2, 0.25) is 0 Å². The maximum atomic E-state index is 13.2. The molecule has 1 aliphatic rings. The molecule has 1 N–H and O–H groups in total. The van der Waals surface area contributed by atoms with Crippen molar-refractivity contribution in [1.29, 1.82) is 0 Å². The van der Waals surface area contributed by atoms with Gasteiger partial charge in [0.25, 0.3) is 5.91 Å². The smallest absolute Gasteiger partial charge is 0.338 e. The molecule has 0 spiro atoms. The topological polar surface area (TPSA) is 73.9 Å². The lowest BCUT2D eigenvalue weighted by atomic mass is 9.95. The van der Waals surface area contributed by atoms with Crippen molar-refractivity contribution in [3.8, 4) is 11.5 Å². The van der Waals surface area contributed by atoms with Gasteiger partial charge in [-0.15, -0.1) is 0 Å². The van der Waals surface area contributed by atoms with Gasteiger partial charge < -0.3 is 19.5 Å². The Morgan fingerprint density at radius 3 is 2.34 bits per heavy atom.